The summed E-state index contributed by atoms with van der Waals surface area (Å²) in [7, 11) is 2.04. The molecule has 2 rings (SSSR count). The van der Waals surface area contributed by atoms with E-state index in [0.717, 1.165) is 32.5 Å². The van der Waals surface area contributed by atoms with Gasteiger partial charge >= 0.3 is 0 Å². The van der Waals surface area contributed by atoms with Crippen molar-refractivity contribution in [1.82, 2.24) is 15.1 Å². The second-order valence-corrected chi connectivity index (χ2v) is 6.69. The Morgan fingerprint density at radius 2 is 2.08 bits per heavy atom. The first-order chi connectivity index (χ1) is 12.0. The van der Waals surface area contributed by atoms with Crippen LogP contribution in [0.2, 0.25) is 0 Å². The highest BCUT2D eigenvalue weighted by molar-refractivity contribution is 5.94. The van der Waals surface area contributed by atoms with Crippen LogP contribution in [-0.4, -0.2) is 54.3 Å². The Morgan fingerprint density at radius 1 is 1.36 bits per heavy atom. The van der Waals surface area contributed by atoms with E-state index < -0.39 is 0 Å². The molecule has 5 heteroatoms. The lowest BCUT2D eigenvalue weighted by atomic mass is 10.0. The minimum atomic E-state index is 0.0430. The maximum atomic E-state index is 12.7. The molecule has 136 valence electrons. The van der Waals surface area contributed by atoms with E-state index in [-0.39, 0.29) is 17.9 Å². The van der Waals surface area contributed by atoms with Crippen LogP contribution in [0.5, 0.6) is 0 Å². The number of piperidine rings is 1. The van der Waals surface area contributed by atoms with Gasteiger partial charge in [-0.25, -0.2) is 0 Å². The molecule has 5 nitrogen and oxygen atoms in total. The number of benzene rings is 1. The quantitative estimate of drug-likeness (QED) is 0.774. The molecule has 1 fully saturated rings. The minimum absolute atomic E-state index is 0.0430. The third-order valence-corrected chi connectivity index (χ3v) is 4.49. The van der Waals surface area contributed by atoms with Gasteiger partial charge in [-0.05, 0) is 37.6 Å². The van der Waals surface area contributed by atoms with Crippen LogP contribution in [-0.2, 0) is 11.3 Å². The van der Waals surface area contributed by atoms with Crippen molar-refractivity contribution in [2.24, 2.45) is 0 Å². The van der Waals surface area contributed by atoms with E-state index >= 15 is 0 Å². The average molecular weight is 343 g/mol. The van der Waals surface area contributed by atoms with Gasteiger partial charge in [0.2, 0.25) is 5.91 Å². The summed E-state index contributed by atoms with van der Waals surface area (Å²) in [6, 6.07) is 7.87. The van der Waals surface area contributed by atoms with E-state index in [0.29, 0.717) is 18.5 Å². The SMILES string of the molecule is C=CCN(C)Cc1ccc(C(=O)N2CCC[C@H](NC(=O)CC)C2)cc1. The second-order valence-electron chi connectivity index (χ2n) is 6.69. The predicted octanol–water partition coefficient (Wildman–Crippen LogP) is 2.44. The zero-order chi connectivity index (χ0) is 18.2. The molecular weight excluding hydrogens is 314 g/mol. The van der Waals surface area contributed by atoms with Crippen LogP contribution in [0.3, 0.4) is 0 Å². The standard InChI is InChI=1S/C20H29N3O2/c1-4-12-22(3)14-16-8-10-17(11-9-16)20(25)23-13-6-7-18(15-23)21-19(24)5-2/h4,8-11,18H,1,5-7,12-15H2,2-3H3,(H,21,24)/t18-/m0/s1. The Hall–Kier alpha value is -2.14. The Morgan fingerprint density at radius 3 is 2.72 bits per heavy atom. The summed E-state index contributed by atoms with van der Waals surface area (Å²) >= 11 is 0. The Bertz CT molecular complexity index is 597. The van der Waals surface area contributed by atoms with Gasteiger partial charge in [-0.3, -0.25) is 14.5 Å². The van der Waals surface area contributed by atoms with Crippen molar-refractivity contribution in [2.75, 3.05) is 26.7 Å². The molecule has 0 bridgehead atoms. The van der Waals surface area contributed by atoms with E-state index in [1.165, 1.54) is 5.56 Å². The maximum absolute atomic E-state index is 12.7. The van der Waals surface area contributed by atoms with E-state index in [1.807, 2.05) is 49.2 Å². The van der Waals surface area contributed by atoms with Gasteiger partial charge in [-0.2, -0.15) is 0 Å². The van der Waals surface area contributed by atoms with Crippen LogP contribution in [0, 0.1) is 0 Å². The summed E-state index contributed by atoms with van der Waals surface area (Å²) in [5.74, 6) is 0.0914. The highest BCUT2D eigenvalue weighted by atomic mass is 16.2. The largest absolute Gasteiger partial charge is 0.352 e. The van der Waals surface area contributed by atoms with Gasteiger partial charge in [0.15, 0.2) is 0 Å². The number of rotatable bonds is 7. The molecule has 1 saturated heterocycles. The smallest absolute Gasteiger partial charge is 0.253 e. The zero-order valence-corrected chi connectivity index (χ0v) is 15.3. The molecule has 0 radical (unpaired) electrons. The molecule has 2 amide bonds. The minimum Gasteiger partial charge on any atom is -0.352 e. The van der Waals surface area contributed by atoms with E-state index in [9.17, 15) is 9.59 Å². The van der Waals surface area contributed by atoms with Crippen molar-refractivity contribution < 1.29 is 9.59 Å². The van der Waals surface area contributed by atoms with Crippen molar-refractivity contribution in [3.8, 4) is 0 Å². The highest BCUT2D eigenvalue weighted by Crippen LogP contribution is 2.15. The number of likely N-dealkylation sites (tertiary alicyclic amines) is 1. The van der Waals surface area contributed by atoms with Crippen LogP contribution in [0.25, 0.3) is 0 Å². The molecule has 1 aromatic carbocycles. The summed E-state index contributed by atoms with van der Waals surface area (Å²) in [6.07, 6.45) is 4.21. The number of hydrogen-bond acceptors (Lipinski definition) is 3. The van der Waals surface area contributed by atoms with Gasteiger partial charge in [0.05, 0.1) is 0 Å². The van der Waals surface area contributed by atoms with Crippen molar-refractivity contribution >= 4 is 11.8 Å². The molecule has 25 heavy (non-hydrogen) atoms. The van der Waals surface area contributed by atoms with Crippen LogP contribution in [0.1, 0.15) is 42.1 Å². The number of hydrogen-bond donors (Lipinski definition) is 1. The number of likely N-dealkylation sites (N-methyl/N-ethyl adjacent to an activating group) is 1. The molecule has 1 aromatic rings. The molecule has 0 spiro atoms. The highest BCUT2D eigenvalue weighted by Gasteiger charge is 2.25. The molecule has 1 N–H and O–H groups in total. The van der Waals surface area contributed by atoms with Crippen LogP contribution < -0.4 is 5.32 Å². The molecule has 1 atom stereocenters. The van der Waals surface area contributed by atoms with Crippen molar-refractivity contribution in [3.63, 3.8) is 0 Å². The number of amides is 2. The van der Waals surface area contributed by atoms with Gasteiger partial charge < -0.3 is 10.2 Å². The number of carbonyl (C=O) groups is 2. The van der Waals surface area contributed by atoms with Crippen molar-refractivity contribution in [2.45, 2.75) is 38.8 Å². The van der Waals surface area contributed by atoms with Crippen molar-refractivity contribution in [3.05, 3.63) is 48.0 Å². The lowest BCUT2D eigenvalue weighted by molar-refractivity contribution is -0.121. The average Bonchev–Trinajstić information content (AvgIpc) is 2.62. The first-order valence-electron chi connectivity index (χ1n) is 9.00. The van der Waals surface area contributed by atoms with Gasteiger partial charge in [-0.1, -0.05) is 25.1 Å². The summed E-state index contributed by atoms with van der Waals surface area (Å²) < 4.78 is 0. The lowest BCUT2D eigenvalue weighted by Crippen LogP contribution is -2.49. The summed E-state index contributed by atoms with van der Waals surface area (Å²) in [5.41, 5.74) is 1.88. The summed E-state index contributed by atoms with van der Waals surface area (Å²) in [4.78, 5) is 28.3. The Balaban J connectivity index is 1.95. The molecule has 1 aliphatic heterocycles. The van der Waals surface area contributed by atoms with E-state index in [2.05, 4.69) is 16.8 Å². The molecule has 0 aromatic heterocycles. The number of nitrogens with zero attached hydrogens (tertiary/aromatic N) is 2. The van der Waals surface area contributed by atoms with Gasteiger partial charge in [0.1, 0.15) is 0 Å². The molecule has 0 saturated carbocycles. The third-order valence-electron chi connectivity index (χ3n) is 4.49. The molecule has 0 unspecified atom stereocenters. The molecule has 1 aliphatic rings. The van der Waals surface area contributed by atoms with Crippen LogP contribution in [0.15, 0.2) is 36.9 Å². The fourth-order valence-corrected chi connectivity index (χ4v) is 3.14. The van der Waals surface area contributed by atoms with E-state index in [1.54, 1.807) is 0 Å². The first kappa shape index (κ1) is 19.2. The van der Waals surface area contributed by atoms with Crippen molar-refractivity contribution in [1.29, 1.82) is 0 Å². The number of nitrogens with one attached hydrogen (secondary N) is 1. The second kappa shape index (κ2) is 9.37. The fraction of sp³-hybridized carbons (Fsp3) is 0.500. The summed E-state index contributed by atoms with van der Waals surface area (Å²) in [6.45, 7) is 8.59. The summed E-state index contributed by atoms with van der Waals surface area (Å²) in [5, 5.41) is 3.00. The first-order valence-corrected chi connectivity index (χ1v) is 9.00. The van der Waals surface area contributed by atoms with Crippen LogP contribution >= 0.6 is 0 Å². The predicted molar refractivity (Wildman–Crippen MR) is 100 cm³/mol. The molecular formula is C20H29N3O2. The van der Waals surface area contributed by atoms with Gasteiger partial charge in [0.25, 0.3) is 5.91 Å². The lowest BCUT2D eigenvalue weighted by Gasteiger charge is -2.33. The Kier molecular flexibility index (Phi) is 7.19. The fourth-order valence-electron chi connectivity index (χ4n) is 3.14. The topological polar surface area (TPSA) is 52.7 Å². The van der Waals surface area contributed by atoms with Crippen LogP contribution in [0.4, 0.5) is 0 Å². The van der Waals surface area contributed by atoms with E-state index in [4.69, 9.17) is 0 Å². The monoisotopic (exact) mass is 343 g/mol. The number of carbonyl (C=O) groups excluding carboxylic acids is 2. The molecule has 1 heterocycles. The van der Waals surface area contributed by atoms with Gasteiger partial charge in [-0.15, -0.1) is 6.58 Å². The Labute approximate surface area is 150 Å². The third kappa shape index (κ3) is 5.71. The molecule has 0 aliphatic carbocycles. The van der Waals surface area contributed by atoms with Gasteiger partial charge in [0, 0.05) is 44.2 Å². The maximum Gasteiger partial charge on any atom is 0.253 e. The zero-order valence-electron chi connectivity index (χ0n) is 15.3. The normalized spacial score (nSPS) is 17.4.